The maximum Gasteiger partial charge on any atom is 0.260 e. The van der Waals surface area contributed by atoms with Gasteiger partial charge in [0.1, 0.15) is 10.9 Å². The third kappa shape index (κ3) is 3.96. The molecule has 6 heteroatoms. The molecule has 3 aromatic rings. The minimum absolute atomic E-state index is 0.0251. The van der Waals surface area contributed by atoms with Crippen molar-refractivity contribution >= 4 is 33.2 Å². The Kier molecular flexibility index (Phi) is 5.35. The van der Waals surface area contributed by atoms with Gasteiger partial charge in [-0.25, -0.2) is 4.98 Å². The number of hydrogen-bond acceptors (Lipinski definition) is 3. The maximum absolute atomic E-state index is 12.7. The van der Waals surface area contributed by atoms with E-state index < -0.39 is 0 Å². The van der Waals surface area contributed by atoms with Crippen LogP contribution in [-0.4, -0.2) is 16.5 Å². The number of rotatable bonds is 5. The summed E-state index contributed by atoms with van der Waals surface area (Å²) in [4.78, 5) is 22.9. The molecule has 0 saturated heterocycles. The summed E-state index contributed by atoms with van der Waals surface area (Å²) < 4.78 is 0. The standard InChI is InChI=1S/C21H24ClN3OS/c1-12-6-7-16-17(10-12)27-21-18(16)20(26)24-19(25-21)13(2)23-9-8-14-4-3-5-15(22)11-14/h3-5,11-13,23H,6-10H2,1-2H3,(H,24,25,26)/p+1/t12-,13+/m1/s1. The van der Waals surface area contributed by atoms with Gasteiger partial charge in [0.25, 0.3) is 5.56 Å². The van der Waals surface area contributed by atoms with Crippen LogP contribution in [-0.2, 0) is 19.3 Å². The fraction of sp³-hybridized carbons (Fsp3) is 0.429. The van der Waals surface area contributed by atoms with E-state index in [-0.39, 0.29) is 11.6 Å². The van der Waals surface area contributed by atoms with E-state index in [1.165, 1.54) is 16.0 Å². The molecule has 0 bridgehead atoms. The van der Waals surface area contributed by atoms with Crippen LogP contribution in [0.25, 0.3) is 10.2 Å². The lowest BCUT2D eigenvalue weighted by Crippen LogP contribution is -2.85. The van der Waals surface area contributed by atoms with Crippen LogP contribution < -0.4 is 10.9 Å². The van der Waals surface area contributed by atoms with Gasteiger partial charge in [-0.15, -0.1) is 11.3 Å². The number of nitrogens with zero attached hydrogens (tertiary/aromatic N) is 1. The number of nitrogens with two attached hydrogens (primary N) is 1. The first kappa shape index (κ1) is 18.7. The highest BCUT2D eigenvalue weighted by Crippen LogP contribution is 2.35. The van der Waals surface area contributed by atoms with Crippen LogP contribution in [0.4, 0.5) is 0 Å². The predicted octanol–water partition coefficient (Wildman–Crippen LogP) is 3.63. The zero-order chi connectivity index (χ0) is 19.0. The number of hydrogen-bond donors (Lipinski definition) is 2. The molecule has 4 nitrogen and oxygen atoms in total. The third-order valence-electron chi connectivity index (χ3n) is 5.46. The Morgan fingerprint density at radius 3 is 3.11 bits per heavy atom. The summed E-state index contributed by atoms with van der Waals surface area (Å²) >= 11 is 7.76. The summed E-state index contributed by atoms with van der Waals surface area (Å²) in [7, 11) is 0. The average molecular weight is 403 g/mol. The van der Waals surface area contributed by atoms with Gasteiger partial charge in [0.15, 0.2) is 5.82 Å². The van der Waals surface area contributed by atoms with Gasteiger partial charge in [0.2, 0.25) is 0 Å². The highest BCUT2D eigenvalue weighted by atomic mass is 35.5. The molecule has 0 amide bonds. The summed E-state index contributed by atoms with van der Waals surface area (Å²) in [6.07, 6.45) is 4.17. The van der Waals surface area contributed by atoms with Gasteiger partial charge in [-0.2, -0.15) is 0 Å². The van der Waals surface area contributed by atoms with Gasteiger partial charge in [0, 0.05) is 16.3 Å². The number of thiophene rings is 1. The van der Waals surface area contributed by atoms with E-state index in [4.69, 9.17) is 16.6 Å². The molecule has 0 aliphatic heterocycles. The Balaban J connectivity index is 1.50. The molecule has 4 rings (SSSR count). The summed E-state index contributed by atoms with van der Waals surface area (Å²) in [6.45, 7) is 5.30. The third-order valence-corrected chi connectivity index (χ3v) is 6.84. The van der Waals surface area contributed by atoms with E-state index in [1.807, 2.05) is 18.2 Å². The highest BCUT2D eigenvalue weighted by Gasteiger charge is 2.24. The van der Waals surface area contributed by atoms with Crippen LogP contribution in [0.5, 0.6) is 0 Å². The monoisotopic (exact) mass is 402 g/mol. The van der Waals surface area contributed by atoms with Crippen molar-refractivity contribution in [3.05, 3.63) is 61.5 Å². The molecule has 1 aromatic carbocycles. The lowest BCUT2D eigenvalue weighted by atomic mass is 9.89. The number of aromatic amines is 1. The van der Waals surface area contributed by atoms with Gasteiger partial charge < -0.3 is 10.3 Å². The number of H-pyrrole nitrogens is 1. The van der Waals surface area contributed by atoms with Gasteiger partial charge >= 0.3 is 0 Å². The minimum Gasteiger partial charge on any atom is -0.337 e. The second-order valence-electron chi connectivity index (χ2n) is 7.68. The Hall–Kier alpha value is -1.69. The molecule has 2 atom stereocenters. The Morgan fingerprint density at radius 2 is 2.30 bits per heavy atom. The number of halogens is 1. The number of benzene rings is 1. The van der Waals surface area contributed by atoms with E-state index >= 15 is 0 Å². The number of fused-ring (bicyclic) bond motifs is 3. The van der Waals surface area contributed by atoms with Crippen LogP contribution in [0.2, 0.25) is 5.02 Å². The van der Waals surface area contributed by atoms with Gasteiger partial charge in [-0.3, -0.25) is 4.79 Å². The van der Waals surface area contributed by atoms with Crippen LogP contribution in [0, 0.1) is 5.92 Å². The van der Waals surface area contributed by atoms with E-state index in [1.54, 1.807) is 11.3 Å². The maximum atomic E-state index is 12.7. The molecule has 2 heterocycles. The first-order chi connectivity index (χ1) is 13.0. The van der Waals surface area contributed by atoms with Crippen LogP contribution in [0.1, 0.15) is 48.1 Å². The molecule has 27 heavy (non-hydrogen) atoms. The van der Waals surface area contributed by atoms with Crippen molar-refractivity contribution in [2.75, 3.05) is 6.54 Å². The molecule has 0 spiro atoms. The molecule has 0 saturated carbocycles. The van der Waals surface area contributed by atoms with E-state index in [2.05, 4.69) is 30.2 Å². The summed E-state index contributed by atoms with van der Waals surface area (Å²) in [5.41, 5.74) is 2.49. The molecule has 0 fully saturated rings. The molecule has 2 aromatic heterocycles. The number of aryl methyl sites for hydroxylation is 1. The van der Waals surface area contributed by atoms with Crippen LogP contribution >= 0.6 is 22.9 Å². The van der Waals surface area contributed by atoms with Gasteiger partial charge in [-0.1, -0.05) is 30.7 Å². The SMILES string of the molecule is C[C@@H]1CCc2c(sc3nc([C@H](C)[NH2+]CCc4cccc(Cl)c4)[nH]c(=O)c23)C1. The van der Waals surface area contributed by atoms with Crippen molar-refractivity contribution in [1.82, 2.24) is 9.97 Å². The second-order valence-corrected chi connectivity index (χ2v) is 9.20. The first-order valence-electron chi connectivity index (χ1n) is 9.63. The number of quaternary nitrogens is 1. The lowest BCUT2D eigenvalue weighted by Gasteiger charge is -2.17. The number of aromatic nitrogens is 2. The predicted molar refractivity (Wildman–Crippen MR) is 112 cm³/mol. The zero-order valence-electron chi connectivity index (χ0n) is 15.7. The lowest BCUT2D eigenvalue weighted by molar-refractivity contribution is -0.693. The van der Waals surface area contributed by atoms with Crippen molar-refractivity contribution in [3.63, 3.8) is 0 Å². The molecule has 1 aliphatic carbocycles. The normalized spacial score (nSPS) is 17.8. The molecule has 1 aliphatic rings. The van der Waals surface area contributed by atoms with Crippen LogP contribution in [0.15, 0.2) is 29.1 Å². The summed E-state index contributed by atoms with van der Waals surface area (Å²) in [5, 5.41) is 3.82. The van der Waals surface area contributed by atoms with Crippen molar-refractivity contribution in [2.24, 2.45) is 5.92 Å². The fourth-order valence-electron chi connectivity index (χ4n) is 3.89. The molecule has 0 radical (unpaired) electrons. The molecule has 0 unspecified atom stereocenters. The Morgan fingerprint density at radius 1 is 1.44 bits per heavy atom. The summed E-state index contributed by atoms with van der Waals surface area (Å²) in [5.74, 6) is 1.47. The molecular weight excluding hydrogens is 378 g/mol. The second kappa shape index (κ2) is 7.74. The van der Waals surface area contributed by atoms with Gasteiger partial charge in [0.05, 0.1) is 11.9 Å². The van der Waals surface area contributed by atoms with E-state index in [0.717, 1.165) is 53.3 Å². The molecule has 3 N–H and O–H groups in total. The molecule has 142 valence electrons. The van der Waals surface area contributed by atoms with Crippen molar-refractivity contribution < 1.29 is 5.32 Å². The largest absolute Gasteiger partial charge is 0.337 e. The first-order valence-corrected chi connectivity index (χ1v) is 10.8. The Labute approximate surface area is 168 Å². The van der Waals surface area contributed by atoms with Crippen LogP contribution in [0.3, 0.4) is 0 Å². The van der Waals surface area contributed by atoms with E-state index in [0.29, 0.717) is 5.92 Å². The average Bonchev–Trinajstić information content (AvgIpc) is 2.99. The summed E-state index contributed by atoms with van der Waals surface area (Å²) in [6, 6.07) is 8.08. The van der Waals surface area contributed by atoms with Crippen molar-refractivity contribution in [3.8, 4) is 0 Å². The number of nitrogens with one attached hydrogen (secondary N) is 1. The van der Waals surface area contributed by atoms with Crippen molar-refractivity contribution in [1.29, 1.82) is 0 Å². The highest BCUT2D eigenvalue weighted by molar-refractivity contribution is 7.18. The minimum atomic E-state index is 0.0251. The topological polar surface area (TPSA) is 62.4 Å². The molecular formula is C21H25ClN3OS+. The van der Waals surface area contributed by atoms with E-state index in [9.17, 15) is 4.79 Å². The zero-order valence-corrected chi connectivity index (χ0v) is 17.3. The Bertz CT molecular complexity index is 1030. The fourth-order valence-corrected chi connectivity index (χ4v) is 5.49. The van der Waals surface area contributed by atoms with Gasteiger partial charge in [-0.05, 0) is 55.4 Å². The smallest absolute Gasteiger partial charge is 0.260 e. The quantitative estimate of drug-likeness (QED) is 0.684. The van der Waals surface area contributed by atoms with Crippen molar-refractivity contribution in [2.45, 2.75) is 45.6 Å².